The molecule has 3 rings (SSSR count). The molecule has 1 unspecified atom stereocenters. The minimum absolute atomic E-state index is 0.0574. The van der Waals surface area contributed by atoms with Crippen LogP contribution in [0.15, 0.2) is 78.2 Å². The molecule has 1 aromatic heterocycles. The molecule has 0 saturated heterocycles. The molecule has 6 heteroatoms. The molecule has 28 heavy (non-hydrogen) atoms. The van der Waals surface area contributed by atoms with Crippen molar-refractivity contribution in [2.75, 3.05) is 19.8 Å². The molecule has 5 nitrogen and oxygen atoms in total. The largest absolute Gasteiger partial charge is 0.394 e. The second-order valence-electron chi connectivity index (χ2n) is 6.21. The Morgan fingerprint density at radius 3 is 2.14 bits per heavy atom. The molecule has 146 valence electrons. The Kier molecular flexibility index (Phi) is 7.61. The van der Waals surface area contributed by atoms with E-state index in [2.05, 4.69) is 10.6 Å². The Balaban J connectivity index is 1.66. The monoisotopic (exact) mass is 396 g/mol. The minimum Gasteiger partial charge on any atom is -0.394 e. The van der Waals surface area contributed by atoms with E-state index in [1.807, 2.05) is 78.2 Å². The Morgan fingerprint density at radius 1 is 0.964 bits per heavy atom. The molecular weight excluding hydrogens is 372 g/mol. The summed E-state index contributed by atoms with van der Waals surface area (Å²) in [6.07, 6.45) is -0.287. The van der Waals surface area contributed by atoms with Crippen LogP contribution < -0.4 is 10.6 Å². The zero-order chi connectivity index (χ0) is 19.6. The first-order valence-corrected chi connectivity index (χ1v) is 10.1. The fourth-order valence-corrected chi connectivity index (χ4v) is 3.70. The van der Waals surface area contributed by atoms with Crippen molar-refractivity contribution in [3.63, 3.8) is 0 Å². The third kappa shape index (κ3) is 5.66. The van der Waals surface area contributed by atoms with Crippen molar-refractivity contribution in [1.82, 2.24) is 10.6 Å². The quantitative estimate of drug-likeness (QED) is 0.514. The first-order valence-electron chi connectivity index (χ1n) is 9.18. The number of rotatable bonds is 9. The highest BCUT2D eigenvalue weighted by Gasteiger charge is 2.18. The van der Waals surface area contributed by atoms with Crippen LogP contribution in [0.5, 0.6) is 0 Å². The lowest BCUT2D eigenvalue weighted by Gasteiger charge is -2.22. The van der Waals surface area contributed by atoms with Gasteiger partial charge in [-0.05, 0) is 22.6 Å². The number of hydrogen-bond acceptors (Lipinski definition) is 4. The molecule has 0 fully saturated rings. The fourth-order valence-electron chi connectivity index (χ4n) is 2.93. The highest BCUT2D eigenvalue weighted by Crippen LogP contribution is 2.23. The van der Waals surface area contributed by atoms with Crippen LogP contribution in [0.1, 0.15) is 28.1 Å². The van der Waals surface area contributed by atoms with Crippen LogP contribution in [0.3, 0.4) is 0 Å². The SMILES string of the molecule is O=C(NCC(OCCO)c1cccs1)NC(c1ccccc1)c1ccccc1. The Labute approximate surface area is 169 Å². The number of aliphatic hydroxyl groups is 1. The van der Waals surface area contributed by atoms with Crippen LogP contribution >= 0.6 is 11.3 Å². The van der Waals surface area contributed by atoms with Crippen LogP contribution in [0, 0.1) is 0 Å². The van der Waals surface area contributed by atoms with Gasteiger partial charge in [0.2, 0.25) is 0 Å². The summed E-state index contributed by atoms with van der Waals surface area (Å²) in [5.74, 6) is 0. The van der Waals surface area contributed by atoms with Gasteiger partial charge in [-0.15, -0.1) is 11.3 Å². The van der Waals surface area contributed by atoms with Crippen molar-refractivity contribution >= 4 is 17.4 Å². The molecule has 0 bridgehead atoms. The predicted molar refractivity (Wildman–Crippen MR) is 111 cm³/mol. The fraction of sp³-hybridized carbons (Fsp3) is 0.227. The van der Waals surface area contributed by atoms with Crippen molar-refractivity contribution < 1.29 is 14.6 Å². The first-order chi connectivity index (χ1) is 13.8. The maximum atomic E-state index is 12.6. The van der Waals surface area contributed by atoms with Crippen molar-refractivity contribution in [2.24, 2.45) is 0 Å². The first kappa shape index (κ1) is 20.1. The van der Waals surface area contributed by atoms with Crippen LogP contribution in [-0.4, -0.2) is 30.9 Å². The number of amides is 2. The molecule has 3 aromatic rings. The third-order valence-electron chi connectivity index (χ3n) is 4.26. The zero-order valence-corrected chi connectivity index (χ0v) is 16.3. The summed E-state index contributed by atoms with van der Waals surface area (Å²) in [6, 6.07) is 23.1. The standard InChI is InChI=1S/C22H24N2O3S/c25-13-14-27-19(20-12-7-15-28-20)16-23-22(26)24-21(17-8-3-1-4-9-17)18-10-5-2-6-11-18/h1-12,15,19,21,25H,13-14,16H2,(H2,23,24,26). The number of urea groups is 1. The molecule has 0 aliphatic rings. The Morgan fingerprint density at radius 2 is 1.61 bits per heavy atom. The van der Waals surface area contributed by atoms with E-state index < -0.39 is 0 Å². The summed E-state index contributed by atoms with van der Waals surface area (Å²) in [7, 11) is 0. The average Bonchev–Trinajstić information content (AvgIpc) is 3.28. The van der Waals surface area contributed by atoms with Gasteiger partial charge in [0.05, 0.1) is 25.8 Å². The van der Waals surface area contributed by atoms with Crippen LogP contribution in [0.2, 0.25) is 0 Å². The van der Waals surface area contributed by atoms with Gasteiger partial charge in [0.25, 0.3) is 0 Å². The number of benzene rings is 2. The van der Waals surface area contributed by atoms with Gasteiger partial charge in [-0.25, -0.2) is 4.79 Å². The lowest BCUT2D eigenvalue weighted by atomic mass is 9.99. The van der Waals surface area contributed by atoms with Gasteiger partial charge in [-0.2, -0.15) is 0 Å². The van der Waals surface area contributed by atoms with Crippen LogP contribution in [-0.2, 0) is 4.74 Å². The maximum Gasteiger partial charge on any atom is 0.315 e. The second kappa shape index (κ2) is 10.6. The molecule has 0 aliphatic carbocycles. The molecule has 0 aliphatic heterocycles. The average molecular weight is 397 g/mol. The number of nitrogens with one attached hydrogen (secondary N) is 2. The summed E-state index contributed by atoms with van der Waals surface area (Å²) >= 11 is 1.56. The van der Waals surface area contributed by atoms with Crippen LogP contribution in [0.4, 0.5) is 4.79 Å². The molecule has 2 aromatic carbocycles. The molecule has 3 N–H and O–H groups in total. The Hall–Kier alpha value is -2.67. The van der Waals surface area contributed by atoms with E-state index in [0.29, 0.717) is 6.54 Å². The molecular formula is C22H24N2O3S. The van der Waals surface area contributed by atoms with E-state index in [1.165, 1.54) is 0 Å². The highest BCUT2D eigenvalue weighted by molar-refractivity contribution is 7.10. The maximum absolute atomic E-state index is 12.6. The highest BCUT2D eigenvalue weighted by atomic mass is 32.1. The molecule has 1 atom stereocenters. The zero-order valence-electron chi connectivity index (χ0n) is 15.5. The smallest absolute Gasteiger partial charge is 0.315 e. The number of carbonyl (C=O) groups is 1. The van der Waals surface area contributed by atoms with Crippen LogP contribution in [0.25, 0.3) is 0 Å². The minimum atomic E-state index is -0.287. The molecule has 0 radical (unpaired) electrons. The van der Waals surface area contributed by atoms with Crippen molar-refractivity contribution in [2.45, 2.75) is 12.1 Å². The van der Waals surface area contributed by atoms with E-state index in [4.69, 9.17) is 9.84 Å². The number of ether oxygens (including phenoxy) is 1. The molecule has 0 saturated carbocycles. The lowest BCUT2D eigenvalue weighted by molar-refractivity contribution is 0.0313. The van der Waals surface area contributed by atoms with E-state index in [0.717, 1.165) is 16.0 Å². The Bertz CT molecular complexity index is 786. The van der Waals surface area contributed by atoms with Gasteiger partial charge in [0, 0.05) is 4.88 Å². The van der Waals surface area contributed by atoms with Gasteiger partial charge in [0.1, 0.15) is 6.10 Å². The topological polar surface area (TPSA) is 70.6 Å². The summed E-state index contributed by atoms with van der Waals surface area (Å²) in [6.45, 7) is 0.489. The van der Waals surface area contributed by atoms with E-state index in [-0.39, 0.29) is 31.4 Å². The molecule has 2 amide bonds. The number of thiophene rings is 1. The predicted octanol–water partition coefficient (Wildman–Crippen LogP) is 3.89. The van der Waals surface area contributed by atoms with Gasteiger partial charge in [0.15, 0.2) is 0 Å². The summed E-state index contributed by atoms with van der Waals surface area (Å²) in [5, 5.41) is 17.0. The molecule has 0 spiro atoms. The van der Waals surface area contributed by atoms with Crippen molar-refractivity contribution in [3.8, 4) is 0 Å². The number of carbonyl (C=O) groups excluding carboxylic acids is 1. The summed E-state index contributed by atoms with van der Waals surface area (Å²) < 4.78 is 5.68. The van der Waals surface area contributed by atoms with Crippen molar-refractivity contribution in [3.05, 3.63) is 94.2 Å². The summed E-state index contributed by atoms with van der Waals surface area (Å²) in [5.41, 5.74) is 2.02. The van der Waals surface area contributed by atoms with Gasteiger partial charge >= 0.3 is 6.03 Å². The van der Waals surface area contributed by atoms with E-state index in [1.54, 1.807) is 11.3 Å². The second-order valence-corrected chi connectivity index (χ2v) is 7.19. The van der Waals surface area contributed by atoms with Crippen molar-refractivity contribution in [1.29, 1.82) is 0 Å². The van der Waals surface area contributed by atoms with E-state index in [9.17, 15) is 4.79 Å². The summed E-state index contributed by atoms with van der Waals surface area (Å²) in [4.78, 5) is 13.6. The number of hydrogen-bond donors (Lipinski definition) is 3. The normalized spacial score (nSPS) is 11.9. The van der Waals surface area contributed by atoms with E-state index >= 15 is 0 Å². The number of aliphatic hydroxyl groups excluding tert-OH is 1. The molecule has 1 heterocycles. The lowest BCUT2D eigenvalue weighted by Crippen LogP contribution is -2.40. The third-order valence-corrected chi connectivity index (χ3v) is 5.22. The van der Waals surface area contributed by atoms with Gasteiger partial charge < -0.3 is 20.5 Å². The van der Waals surface area contributed by atoms with Gasteiger partial charge in [-0.3, -0.25) is 0 Å². The van der Waals surface area contributed by atoms with Gasteiger partial charge in [-0.1, -0.05) is 66.7 Å².